The molecular weight excluding hydrogens is 338 g/mol. The van der Waals surface area contributed by atoms with E-state index in [2.05, 4.69) is 21.6 Å². The van der Waals surface area contributed by atoms with Crippen molar-refractivity contribution in [2.24, 2.45) is 0 Å². The lowest BCUT2D eigenvalue weighted by molar-refractivity contribution is 0.420. The van der Waals surface area contributed by atoms with E-state index in [9.17, 15) is 5.26 Å². The van der Waals surface area contributed by atoms with E-state index in [1.165, 1.54) is 0 Å². The van der Waals surface area contributed by atoms with Crippen LogP contribution in [0.5, 0.6) is 5.75 Å². The van der Waals surface area contributed by atoms with Crippen LogP contribution in [0.25, 0.3) is 21.8 Å². The van der Waals surface area contributed by atoms with Crippen molar-refractivity contribution in [3.05, 3.63) is 54.2 Å². The molecule has 0 bridgehead atoms. The van der Waals surface area contributed by atoms with E-state index in [1.807, 2.05) is 56.3 Å². The highest BCUT2D eigenvalue weighted by atomic mass is 16.5. The quantitative estimate of drug-likeness (QED) is 0.554. The standard InChI is InChI=1S/C21H19N5O/c1-21(2,12-22)13-6-4-7-14(10-13)24-20-19-15(11-23-26-19)18-16(25-20)8-5-9-17(18)27-3/h4-11H,1-3H3,(H,23,26)(H,24,25). The van der Waals surface area contributed by atoms with Crippen molar-refractivity contribution in [1.82, 2.24) is 15.2 Å². The highest BCUT2D eigenvalue weighted by Gasteiger charge is 2.20. The molecule has 0 aliphatic heterocycles. The third-order valence-corrected chi connectivity index (χ3v) is 4.73. The summed E-state index contributed by atoms with van der Waals surface area (Å²) in [7, 11) is 1.65. The Morgan fingerprint density at radius 1 is 1.19 bits per heavy atom. The number of hydrogen-bond acceptors (Lipinski definition) is 5. The molecule has 4 aromatic rings. The maximum atomic E-state index is 9.40. The minimum absolute atomic E-state index is 0.564. The molecule has 134 valence electrons. The minimum atomic E-state index is -0.564. The molecule has 0 amide bonds. The monoisotopic (exact) mass is 357 g/mol. The predicted octanol–water partition coefficient (Wildman–Crippen LogP) is 4.66. The lowest BCUT2D eigenvalue weighted by atomic mass is 9.86. The molecule has 0 aliphatic rings. The zero-order chi connectivity index (χ0) is 19.0. The number of hydrogen-bond donors (Lipinski definition) is 2. The number of H-pyrrole nitrogens is 1. The summed E-state index contributed by atoms with van der Waals surface area (Å²) in [6.07, 6.45) is 1.78. The zero-order valence-corrected chi connectivity index (χ0v) is 15.4. The van der Waals surface area contributed by atoms with E-state index in [-0.39, 0.29) is 0 Å². The van der Waals surface area contributed by atoms with Crippen molar-refractivity contribution < 1.29 is 4.74 Å². The number of pyridine rings is 1. The zero-order valence-electron chi connectivity index (χ0n) is 15.4. The summed E-state index contributed by atoms with van der Waals surface area (Å²) < 4.78 is 5.50. The number of ether oxygens (including phenoxy) is 1. The Balaban J connectivity index is 1.85. The lowest BCUT2D eigenvalue weighted by Crippen LogP contribution is -2.13. The Morgan fingerprint density at radius 3 is 2.78 bits per heavy atom. The molecule has 0 atom stereocenters. The molecule has 6 heteroatoms. The number of aromatic nitrogens is 3. The van der Waals surface area contributed by atoms with Gasteiger partial charge in [0.25, 0.3) is 0 Å². The number of nitrogens with one attached hydrogen (secondary N) is 2. The maximum absolute atomic E-state index is 9.40. The number of methoxy groups -OCH3 is 1. The van der Waals surface area contributed by atoms with Crippen molar-refractivity contribution in [1.29, 1.82) is 5.26 Å². The Morgan fingerprint density at radius 2 is 2.00 bits per heavy atom. The van der Waals surface area contributed by atoms with Gasteiger partial charge in [-0.2, -0.15) is 10.4 Å². The van der Waals surface area contributed by atoms with Crippen LogP contribution in [-0.4, -0.2) is 22.3 Å². The number of rotatable bonds is 4. The molecule has 2 aromatic heterocycles. The SMILES string of the molecule is COc1cccc2nc(Nc3cccc(C(C)(C)C#N)c3)c3[nH]ncc3c12. The molecule has 0 unspecified atom stereocenters. The number of anilines is 2. The molecule has 0 radical (unpaired) electrons. The first-order valence-corrected chi connectivity index (χ1v) is 8.62. The van der Waals surface area contributed by atoms with E-state index in [0.717, 1.165) is 38.8 Å². The minimum Gasteiger partial charge on any atom is -0.496 e. The summed E-state index contributed by atoms with van der Waals surface area (Å²) in [5, 5.41) is 21.9. The van der Waals surface area contributed by atoms with Crippen molar-refractivity contribution in [2.75, 3.05) is 12.4 Å². The van der Waals surface area contributed by atoms with Gasteiger partial charge in [0.15, 0.2) is 5.82 Å². The van der Waals surface area contributed by atoms with Gasteiger partial charge in [0.05, 0.1) is 35.7 Å². The van der Waals surface area contributed by atoms with Gasteiger partial charge in [-0.05, 0) is 43.7 Å². The van der Waals surface area contributed by atoms with Crippen molar-refractivity contribution in [3.8, 4) is 11.8 Å². The normalized spacial score (nSPS) is 11.5. The molecule has 27 heavy (non-hydrogen) atoms. The van der Waals surface area contributed by atoms with E-state index in [4.69, 9.17) is 9.72 Å². The predicted molar refractivity (Wildman–Crippen MR) is 106 cm³/mol. The van der Waals surface area contributed by atoms with Crippen LogP contribution in [0.2, 0.25) is 0 Å². The molecule has 4 rings (SSSR count). The number of aromatic amines is 1. The van der Waals surface area contributed by atoms with Crippen LogP contribution >= 0.6 is 0 Å². The van der Waals surface area contributed by atoms with Crippen molar-refractivity contribution >= 4 is 33.3 Å². The second kappa shape index (κ2) is 6.29. The first-order chi connectivity index (χ1) is 13.0. The molecule has 0 spiro atoms. The molecule has 0 saturated carbocycles. The van der Waals surface area contributed by atoms with Gasteiger partial charge >= 0.3 is 0 Å². The van der Waals surface area contributed by atoms with Crippen LogP contribution in [0.4, 0.5) is 11.5 Å². The summed E-state index contributed by atoms with van der Waals surface area (Å²) >= 11 is 0. The molecule has 2 aromatic carbocycles. The van der Waals surface area contributed by atoms with Gasteiger partial charge in [-0.1, -0.05) is 18.2 Å². The van der Waals surface area contributed by atoms with E-state index >= 15 is 0 Å². The van der Waals surface area contributed by atoms with Gasteiger partial charge in [0, 0.05) is 11.1 Å². The van der Waals surface area contributed by atoms with Crippen LogP contribution in [0.15, 0.2) is 48.7 Å². The fourth-order valence-electron chi connectivity index (χ4n) is 3.16. The summed E-state index contributed by atoms with van der Waals surface area (Å²) in [5.41, 5.74) is 2.86. The Kier molecular flexibility index (Phi) is 3.93. The number of nitrogens with zero attached hydrogens (tertiary/aromatic N) is 3. The highest BCUT2D eigenvalue weighted by Crippen LogP contribution is 2.35. The number of fused-ring (bicyclic) bond motifs is 3. The molecule has 2 N–H and O–H groups in total. The largest absolute Gasteiger partial charge is 0.496 e. The van der Waals surface area contributed by atoms with E-state index in [1.54, 1.807) is 13.3 Å². The average Bonchev–Trinajstić information content (AvgIpc) is 3.18. The van der Waals surface area contributed by atoms with Crippen LogP contribution in [0, 0.1) is 11.3 Å². The highest BCUT2D eigenvalue weighted by molar-refractivity contribution is 6.11. The number of nitriles is 1. The molecule has 2 heterocycles. The molecule has 0 aliphatic carbocycles. The summed E-state index contributed by atoms with van der Waals surface area (Å²) in [6.45, 7) is 3.81. The second-order valence-electron chi connectivity index (χ2n) is 6.92. The summed E-state index contributed by atoms with van der Waals surface area (Å²) in [5.74, 6) is 1.44. The first kappa shape index (κ1) is 16.9. The third kappa shape index (κ3) is 2.83. The smallest absolute Gasteiger partial charge is 0.157 e. The van der Waals surface area contributed by atoms with Gasteiger partial charge < -0.3 is 10.1 Å². The number of benzene rings is 2. The van der Waals surface area contributed by atoms with Gasteiger partial charge in [0.1, 0.15) is 11.3 Å². The molecule has 6 nitrogen and oxygen atoms in total. The summed E-state index contributed by atoms with van der Waals surface area (Å²) in [6, 6.07) is 15.9. The van der Waals surface area contributed by atoms with Gasteiger partial charge in [-0.25, -0.2) is 4.98 Å². The molecule has 0 fully saturated rings. The third-order valence-electron chi connectivity index (χ3n) is 4.73. The molecule has 0 saturated heterocycles. The van der Waals surface area contributed by atoms with Gasteiger partial charge in [-0.3, -0.25) is 5.10 Å². The second-order valence-corrected chi connectivity index (χ2v) is 6.92. The fraction of sp³-hybridized carbons (Fsp3) is 0.190. The van der Waals surface area contributed by atoms with Crippen LogP contribution in [-0.2, 0) is 5.41 Å². The van der Waals surface area contributed by atoms with Gasteiger partial charge in [-0.15, -0.1) is 0 Å². The maximum Gasteiger partial charge on any atom is 0.157 e. The Hall–Kier alpha value is -3.59. The Labute approximate surface area is 156 Å². The van der Waals surface area contributed by atoms with Crippen LogP contribution < -0.4 is 10.1 Å². The van der Waals surface area contributed by atoms with Gasteiger partial charge in [0.2, 0.25) is 0 Å². The Bertz CT molecular complexity index is 1190. The molecular formula is C21H19N5O. The fourth-order valence-corrected chi connectivity index (χ4v) is 3.16. The summed E-state index contributed by atoms with van der Waals surface area (Å²) in [4.78, 5) is 4.76. The topological polar surface area (TPSA) is 86.6 Å². The van der Waals surface area contributed by atoms with E-state index in [0.29, 0.717) is 5.82 Å². The van der Waals surface area contributed by atoms with Crippen LogP contribution in [0.1, 0.15) is 19.4 Å². The van der Waals surface area contributed by atoms with Crippen LogP contribution in [0.3, 0.4) is 0 Å². The van der Waals surface area contributed by atoms with Crippen molar-refractivity contribution in [2.45, 2.75) is 19.3 Å². The van der Waals surface area contributed by atoms with E-state index < -0.39 is 5.41 Å². The van der Waals surface area contributed by atoms with Crippen molar-refractivity contribution in [3.63, 3.8) is 0 Å². The first-order valence-electron chi connectivity index (χ1n) is 8.62. The average molecular weight is 357 g/mol. The lowest BCUT2D eigenvalue weighted by Gasteiger charge is -2.17.